The van der Waals surface area contributed by atoms with Crippen LogP contribution in [0.1, 0.15) is 6.42 Å². The van der Waals surface area contributed by atoms with Crippen LogP contribution in [0.3, 0.4) is 0 Å². The van der Waals surface area contributed by atoms with Crippen molar-refractivity contribution >= 4 is 11.9 Å². The van der Waals surface area contributed by atoms with Gasteiger partial charge in [0.05, 0.1) is 5.92 Å². The Balaban J connectivity index is 2.45. The highest BCUT2D eigenvalue weighted by atomic mass is 16.1. The number of hydrogen-bond acceptors (Lipinski definition) is 2. The number of guanidine groups is 1. The predicted molar refractivity (Wildman–Crippen MR) is 45.7 cm³/mol. The highest BCUT2D eigenvalue weighted by molar-refractivity contribution is 5.81. The maximum absolute atomic E-state index is 11.1. The van der Waals surface area contributed by atoms with E-state index in [0.717, 1.165) is 6.42 Å². The molecule has 0 aromatic rings. The number of nitrogens with one attached hydrogen (secondary N) is 2. The number of hydrogen-bond donors (Lipinski definition) is 3. The van der Waals surface area contributed by atoms with Gasteiger partial charge in [0.1, 0.15) is 0 Å². The Labute approximate surface area is 71.4 Å². The van der Waals surface area contributed by atoms with Crippen molar-refractivity contribution in [2.24, 2.45) is 11.7 Å². The first-order valence-electron chi connectivity index (χ1n) is 3.95. The van der Waals surface area contributed by atoms with Crippen molar-refractivity contribution in [3.05, 3.63) is 0 Å². The fourth-order valence-electron chi connectivity index (χ4n) is 1.40. The number of rotatable bonds is 1. The fourth-order valence-corrected chi connectivity index (χ4v) is 1.40. The van der Waals surface area contributed by atoms with E-state index in [4.69, 9.17) is 11.1 Å². The quantitative estimate of drug-likeness (QED) is 0.347. The Morgan fingerprint density at radius 1 is 1.75 bits per heavy atom. The number of likely N-dealkylation sites (tertiary alicyclic amines) is 1. The molecule has 1 fully saturated rings. The van der Waals surface area contributed by atoms with E-state index < -0.39 is 0 Å². The van der Waals surface area contributed by atoms with Gasteiger partial charge in [0, 0.05) is 20.1 Å². The molecule has 5 heteroatoms. The number of carbonyl (C=O) groups excluding carboxylic acids is 1. The van der Waals surface area contributed by atoms with Crippen molar-refractivity contribution in [3.63, 3.8) is 0 Å². The molecule has 1 unspecified atom stereocenters. The van der Waals surface area contributed by atoms with Gasteiger partial charge in [0.15, 0.2) is 5.96 Å². The van der Waals surface area contributed by atoms with Crippen LogP contribution in [0.2, 0.25) is 0 Å². The lowest BCUT2D eigenvalue weighted by molar-refractivity contribution is -0.124. The second-order valence-electron chi connectivity index (χ2n) is 2.93. The van der Waals surface area contributed by atoms with E-state index in [2.05, 4.69) is 5.32 Å². The summed E-state index contributed by atoms with van der Waals surface area (Å²) in [6.45, 7) is 1.29. The smallest absolute Gasteiger partial charge is 0.224 e. The van der Waals surface area contributed by atoms with Crippen LogP contribution in [-0.4, -0.2) is 36.9 Å². The third kappa shape index (κ3) is 1.66. The van der Waals surface area contributed by atoms with Crippen LogP contribution < -0.4 is 11.1 Å². The summed E-state index contributed by atoms with van der Waals surface area (Å²) < 4.78 is 0. The SMILES string of the molecule is CNC(=O)C1CCN(C(=N)N)C1. The van der Waals surface area contributed by atoms with Crippen LogP contribution in [0.4, 0.5) is 0 Å². The summed E-state index contributed by atoms with van der Waals surface area (Å²) >= 11 is 0. The molecular weight excluding hydrogens is 156 g/mol. The average molecular weight is 170 g/mol. The molecule has 0 bridgehead atoms. The first-order valence-corrected chi connectivity index (χ1v) is 3.95. The summed E-state index contributed by atoms with van der Waals surface area (Å²) in [5.74, 6) is 0.0963. The monoisotopic (exact) mass is 170 g/mol. The molecule has 12 heavy (non-hydrogen) atoms. The number of nitrogens with zero attached hydrogens (tertiary/aromatic N) is 1. The molecule has 1 amide bonds. The van der Waals surface area contributed by atoms with Crippen LogP contribution in [0, 0.1) is 11.3 Å². The van der Waals surface area contributed by atoms with Gasteiger partial charge in [-0.15, -0.1) is 0 Å². The van der Waals surface area contributed by atoms with Gasteiger partial charge in [-0.3, -0.25) is 10.2 Å². The Bertz CT molecular complexity index is 204. The van der Waals surface area contributed by atoms with Crippen LogP contribution in [0.25, 0.3) is 0 Å². The van der Waals surface area contributed by atoms with Gasteiger partial charge in [0.25, 0.3) is 0 Å². The van der Waals surface area contributed by atoms with Crippen LogP contribution in [0.5, 0.6) is 0 Å². The zero-order valence-electron chi connectivity index (χ0n) is 7.13. The second kappa shape index (κ2) is 3.42. The standard InChI is InChI=1S/C7H14N4O/c1-10-6(12)5-2-3-11(4-5)7(8)9/h5H,2-4H2,1H3,(H3,8,9)(H,10,12). The highest BCUT2D eigenvalue weighted by Crippen LogP contribution is 2.14. The van der Waals surface area contributed by atoms with E-state index in [0.29, 0.717) is 13.1 Å². The van der Waals surface area contributed by atoms with Gasteiger partial charge in [-0.25, -0.2) is 0 Å². The molecular formula is C7H14N4O. The first kappa shape index (κ1) is 8.83. The molecule has 4 N–H and O–H groups in total. The fraction of sp³-hybridized carbons (Fsp3) is 0.714. The third-order valence-corrected chi connectivity index (χ3v) is 2.15. The van der Waals surface area contributed by atoms with Gasteiger partial charge in [-0.05, 0) is 6.42 Å². The van der Waals surface area contributed by atoms with Crippen LogP contribution in [0.15, 0.2) is 0 Å². The molecule has 0 spiro atoms. The summed E-state index contributed by atoms with van der Waals surface area (Å²) in [6, 6.07) is 0. The van der Waals surface area contributed by atoms with Crippen LogP contribution >= 0.6 is 0 Å². The number of nitrogens with two attached hydrogens (primary N) is 1. The maximum atomic E-state index is 11.1. The topological polar surface area (TPSA) is 82.2 Å². The minimum Gasteiger partial charge on any atom is -0.370 e. The Morgan fingerprint density at radius 3 is 2.83 bits per heavy atom. The van der Waals surface area contributed by atoms with Crippen LogP contribution in [-0.2, 0) is 4.79 Å². The van der Waals surface area contributed by atoms with Crippen molar-refractivity contribution in [3.8, 4) is 0 Å². The van der Waals surface area contributed by atoms with E-state index in [1.165, 1.54) is 0 Å². The summed E-state index contributed by atoms with van der Waals surface area (Å²) in [5.41, 5.74) is 5.28. The highest BCUT2D eigenvalue weighted by Gasteiger charge is 2.27. The largest absolute Gasteiger partial charge is 0.370 e. The zero-order valence-corrected chi connectivity index (χ0v) is 7.13. The Morgan fingerprint density at radius 2 is 2.42 bits per heavy atom. The van der Waals surface area contributed by atoms with E-state index >= 15 is 0 Å². The van der Waals surface area contributed by atoms with Gasteiger partial charge >= 0.3 is 0 Å². The molecule has 68 valence electrons. The van der Waals surface area contributed by atoms with E-state index in [-0.39, 0.29) is 17.8 Å². The normalized spacial score (nSPS) is 22.4. The predicted octanol–water partition coefficient (Wildman–Crippen LogP) is -1.05. The molecule has 1 rings (SSSR count). The summed E-state index contributed by atoms with van der Waals surface area (Å²) in [6.07, 6.45) is 0.791. The molecule has 0 saturated carbocycles. The molecule has 1 saturated heterocycles. The van der Waals surface area contributed by atoms with Crippen molar-refractivity contribution in [2.75, 3.05) is 20.1 Å². The molecule has 1 aliphatic rings. The van der Waals surface area contributed by atoms with Gasteiger partial charge < -0.3 is 16.0 Å². The van der Waals surface area contributed by atoms with Crippen molar-refractivity contribution in [1.82, 2.24) is 10.2 Å². The molecule has 1 heterocycles. The molecule has 0 aliphatic carbocycles. The second-order valence-corrected chi connectivity index (χ2v) is 2.93. The van der Waals surface area contributed by atoms with E-state index in [1.54, 1.807) is 11.9 Å². The average Bonchev–Trinajstić information content (AvgIpc) is 2.51. The minimum atomic E-state index is -0.00102. The van der Waals surface area contributed by atoms with Gasteiger partial charge in [0.2, 0.25) is 5.91 Å². The summed E-state index contributed by atoms with van der Waals surface area (Å²) in [5, 5.41) is 9.74. The first-order chi connectivity index (χ1) is 5.65. The molecule has 0 aromatic heterocycles. The minimum absolute atomic E-state index is 0.00102. The van der Waals surface area contributed by atoms with E-state index in [9.17, 15) is 4.79 Å². The van der Waals surface area contributed by atoms with Gasteiger partial charge in [-0.2, -0.15) is 0 Å². The molecule has 5 nitrogen and oxygen atoms in total. The third-order valence-electron chi connectivity index (χ3n) is 2.15. The lowest BCUT2D eigenvalue weighted by atomic mass is 10.1. The summed E-state index contributed by atoms with van der Waals surface area (Å²) in [7, 11) is 1.62. The van der Waals surface area contributed by atoms with E-state index in [1.807, 2.05) is 0 Å². The molecule has 1 atom stereocenters. The number of carbonyl (C=O) groups is 1. The Kier molecular flexibility index (Phi) is 2.52. The maximum Gasteiger partial charge on any atom is 0.224 e. The van der Waals surface area contributed by atoms with Gasteiger partial charge in [-0.1, -0.05) is 0 Å². The molecule has 1 aliphatic heterocycles. The molecule has 0 radical (unpaired) electrons. The molecule has 0 aromatic carbocycles. The van der Waals surface area contributed by atoms with Crippen molar-refractivity contribution in [2.45, 2.75) is 6.42 Å². The summed E-state index contributed by atoms with van der Waals surface area (Å²) in [4.78, 5) is 12.8. The lowest BCUT2D eigenvalue weighted by Gasteiger charge is -2.14. The van der Waals surface area contributed by atoms with Crippen molar-refractivity contribution in [1.29, 1.82) is 5.41 Å². The lowest BCUT2D eigenvalue weighted by Crippen LogP contribution is -2.36. The zero-order chi connectivity index (χ0) is 9.14. The van der Waals surface area contributed by atoms with Crippen molar-refractivity contribution < 1.29 is 4.79 Å². The number of amides is 1. The Hall–Kier alpha value is -1.26.